The van der Waals surface area contributed by atoms with Crippen LogP contribution >= 0.6 is 0 Å². The molecule has 1 rings (SSSR count). The third kappa shape index (κ3) is 2.30. The van der Waals surface area contributed by atoms with Gasteiger partial charge in [-0.15, -0.1) is 0 Å². The number of ketones is 1. The third-order valence-corrected chi connectivity index (χ3v) is 1.66. The lowest BCUT2D eigenvalue weighted by Crippen LogP contribution is -2.33. The van der Waals surface area contributed by atoms with Gasteiger partial charge in [-0.25, -0.2) is 4.79 Å². The smallest absolute Gasteiger partial charge is 0.335 e. The van der Waals surface area contributed by atoms with Gasteiger partial charge in [0.15, 0.2) is 6.10 Å². The van der Waals surface area contributed by atoms with E-state index in [1.807, 2.05) is 0 Å². The number of carbonyl (C=O) groups excluding carboxylic acids is 2. The van der Waals surface area contributed by atoms with E-state index >= 15 is 0 Å². The van der Waals surface area contributed by atoms with E-state index in [4.69, 9.17) is 9.47 Å². The van der Waals surface area contributed by atoms with Gasteiger partial charge in [-0.2, -0.15) is 0 Å². The minimum absolute atomic E-state index is 0.0688. The summed E-state index contributed by atoms with van der Waals surface area (Å²) in [6, 6.07) is 0. The van der Waals surface area contributed by atoms with Gasteiger partial charge in [0.2, 0.25) is 0 Å². The van der Waals surface area contributed by atoms with Gasteiger partial charge in [-0.1, -0.05) is 0 Å². The molecule has 1 heterocycles. The van der Waals surface area contributed by atoms with Gasteiger partial charge in [0.25, 0.3) is 0 Å². The molecule has 12 heavy (non-hydrogen) atoms. The molecule has 0 saturated carbocycles. The Morgan fingerprint density at radius 2 is 2.50 bits per heavy atom. The van der Waals surface area contributed by atoms with Gasteiger partial charge in [-0.3, -0.25) is 4.79 Å². The zero-order valence-electron chi connectivity index (χ0n) is 7.04. The molecular formula is C8H12O4. The highest BCUT2D eigenvalue weighted by molar-refractivity contribution is 5.86. The zero-order valence-corrected chi connectivity index (χ0v) is 7.04. The first kappa shape index (κ1) is 9.19. The monoisotopic (exact) mass is 172 g/mol. The lowest BCUT2D eigenvalue weighted by molar-refractivity contribution is -0.162. The number of hydrogen-bond acceptors (Lipinski definition) is 4. The minimum atomic E-state index is -0.661. The highest BCUT2D eigenvalue weighted by Gasteiger charge is 2.27. The molecule has 4 nitrogen and oxygen atoms in total. The van der Waals surface area contributed by atoms with Crippen molar-refractivity contribution < 1.29 is 19.1 Å². The number of hydrogen-bond donors (Lipinski definition) is 0. The topological polar surface area (TPSA) is 52.6 Å². The first-order chi connectivity index (χ1) is 5.74. The van der Waals surface area contributed by atoms with Gasteiger partial charge < -0.3 is 9.47 Å². The van der Waals surface area contributed by atoms with E-state index in [1.54, 1.807) is 6.92 Å². The molecule has 0 unspecified atom stereocenters. The maximum Gasteiger partial charge on any atom is 0.335 e. The first-order valence-corrected chi connectivity index (χ1v) is 4.04. The number of ether oxygens (including phenoxy) is 2. The Bertz CT molecular complexity index is 187. The van der Waals surface area contributed by atoms with Gasteiger partial charge in [0, 0.05) is 12.8 Å². The van der Waals surface area contributed by atoms with Crippen LogP contribution in [0.25, 0.3) is 0 Å². The quantitative estimate of drug-likeness (QED) is 0.562. The molecule has 1 atom stereocenters. The summed E-state index contributed by atoms with van der Waals surface area (Å²) in [6.07, 6.45) is -0.0828. The normalized spacial score (nSPS) is 23.8. The molecule has 0 aromatic carbocycles. The Balaban J connectivity index is 2.40. The number of Topliss-reactive ketones (excluding diaryl/α,β-unsaturated/α-hetero) is 1. The first-order valence-electron chi connectivity index (χ1n) is 4.04. The standard InChI is InChI=1S/C8H12O4/c1-2-11-8(10)7-5-6(9)3-4-12-7/h7H,2-5H2,1H3/t7-/m0/s1. The van der Waals surface area contributed by atoms with Crippen molar-refractivity contribution in [3.8, 4) is 0 Å². The van der Waals surface area contributed by atoms with Gasteiger partial charge in [0.05, 0.1) is 13.2 Å². The summed E-state index contributed by atoms with van der Waals surface area (Å²) in [5, 5.41) is 0. The van der Waals surface area contributed by atoms with Crippen LogP contribution in [-0.2, 0) is 19.1 Å². The van der Waals surface area contributed by atoms with Crippen molar-refractivity contribution in [1.82, 2.24) is 0 Å². The second-order valence-corrected chi connectivity index (χ2v) is 2.60. The van der Waals surface area contributed by atoms with E-state index in [-0.39, 0.29) is 12.2 Å². The summed E-state index contributed by atoms with van der Waals surface area (Å²) in [7, 11) is 0. The fourth-order valence-electron chi connectivity index (χ4n) is 1.07. The summed E-state index contributed by atoms with van der Waals surface area (Å²) in [6.45, 7) is 2.39. The van der Waals surface area contributed by atoms with E-state index in [1.165, 1.54) is 0 Å². The van der Waals surface area contributed by atoms with Crippen molar-refractivity contribution in [3.63, 3.8) is 0 Å². The predicted molar refractivity (Wildman–Crippen MR) is 40.6 cm³/mol. The molecule has 1 fully saturated rings. The molecule has 1 saturated heterocycles. The number of esters is 1. The molecule has 4 heteroatoms. The number of carbonyl (C=O) groups is 2. The Morgan fingerprint density at radius 3 is 3.08 bits per heavy atom. The fourth-order valence-corrected chi connectivity index (χ4v) is 1.07. The van der Waals surface area contributed by atoms with Crippen LogP contribution in [0.1, 0.15) is 19.8 Å². The minimum Gasteiger partial charge on any atom is -0.464 e. The average Bonchev–Trinajstić information content (AvgIpc) is 2.05. The van der Waals surface area contributed by atoms with E-state index in [9.17, 15) is 9.59 Å². The number of rotatable bonds is 2. The maximum absolute atomic E-state index is 11.0. The zero-order chi connectivity index (χ0) is 8.97. The van der Waals surface area contributed by atoms with Crippen molar-refractivity contribution in [1.29, 1.82) is 0 Å². The molecule has 0 spiro atoms. The highest BCUT2D eigenvalue weighted by Crippen LogP contribution is 2.10. The second kappa shape index (κ2) is 4.21. The van der Waals surface area contributed by atoms with Crippen LogP contribution < -0.4 is 0 Å². The van der Waals surface area contributed by atoms with Crippen LogP contribution in [0.3, 0.4) is 0 Å². The molecule has 68 valence electrons. The highest BCUT2D eigenvalue weighted by atomic mass is 16.6. The summed E-state index contributed by atoms with van der Waals surface area (Å²) in [5.74, 6) is -0.357. The molecule has 0 aromatic rings. The van der Waals surface area contributed by atoms with E-state index in [0.717, 1.165) is 0 Å². The Morgan fingerprint density at radius 1 is 1.75 bits per heavy atom. The van der Waals surface area contributed by atoms with Gasteiger partial charge >= 0.3 is 5.97 Å². The molecule has 0 aromatic heterocycles. The SMILES string of the molecule is CCOC(=O)[C@@H]1CC(=O)CCO1. The van der Waals surface area contributed by atoms with Crippen molar-refractivity contribution in [2.75, 3.05) is 13.2 Å². The molecular weight excluding hydrogens is 160 g/mol. The molecule has 0 radical (unpaired) electrons. The molecule has 0 aliphatic carbocycles. The average molecular weight is 172 g/mol. The predicted octanol–water partition coefficient (Wildman–Crippen LogP) is 0.298. The largest absolute Gasteiger partial charge is 0.464 e. The lowest BCUT2D eigenvalue weighted by Gasteiger charge is -2.19. The summed E-state index contributed by atoms with van der Waals surface area (Å²) >= 11 is 0. The Labute approximate surface area is 70.8 Å². The van der Waals surface area contributed by atoms with Crippen LogP contribution in [0.15, 0.2) is 0 Å². The second-order valence-electron chi connectivity index (χ2n) is 2.60. The third-order valence-electron chi connectivity index (χ3n) is 1.66. The van der Waals surface area contributed by atoms with Crippen LogP contribution in [0.5, 0.6) is 0 Å². The van der Waals surface area contributed by atoms with Crippen molar-refractivity contribution in [3.05, 3.63) is 0 Å². The molecule has 1 aliphatic heterocycles. The summed E-state index contributed by atoms with van der Waals surface area (Å²) < 4.78 is 9.78. The van der Waals surface area contributed by atoms with Crippen LogP contribution in [0.4, 0.5) is 0 Å². The Hall–Kier alpha value is -0.900. The summed E-state index contributed by atoms with van der Waals surface area (Å²) in [5.41, 5.74) is 0. The van der Waals surface area contributed by atoms with E-state index in [0.29, 0.717) is 19.6 Å². The summed E-state index contributed by atoms with van der Waals surface area (Å²) in [4.78, 5) is 21.9. The molecule has 0 bridgehead atoms. The van der Waals surface area contributed by atoms with Crippen molar-refractivity contribution in [2.45, 2.75) is 25.9 Å². The van der Waals surface area contributed by atoms with Gasteiger partial charge in [0.1, 0.15) is 5.78 Å². The van der Waals surface area contributed by atoms with Gasteiger partial charge in [-0.05, 0) is 6.92 Å². The van der Waals surface area contributed by atoms with Crippen LogP contribution in [-0.4, -0.2) is 31.1 Å². The maximum atomic E-state index is 11.0. The van der Waals surface area contributed by atoms with Crippen molar-refractivity contribution in [2.24, 2.45) is 0 Å². The molecule has 0 N–H and O–H groups in total. The van der Waals surface area contributed by atoms with Crippen LogP contribution in [0.2, 0.25) is 0 Å². The van der Waals surface area contributed by atoms with E-state index in [2.05, 4.69) is 0 Å². The molecule has 0 amide bonds. The van der Waals surface area contributed by atoms with E-state index < -0.39 is 12.1 Å². The Kier molecular flexibility index (Phi) is 3.22. The van der Waals surface area contributed by atoms with Crippen LogP contribution in [0, 0.1) is 0 Å². The lowest BCUT2D eigenvalue weighted by atomic mass is 10.1. The fraction of sp³-hybridized carbons (Fsp3) is 0.750. The molecule has 1 aliphatic rings. The van der Waals surface area contributed by atoms with Crippen molar-refractivity contribution >= 4 is 11.8 Å².